The molecule has 140 valence electrons. The van der Waals surface area contributed by atoms with Crippen molar-refractivity contribution in [3.05, 3.63) is 69.9 Å². The Morgan fingerprint density at radius 2 is 2.07 bits per heavy atom. The highest BCUT2D eigenvalue weighted by molar-refractivity contribution is 5.97. The van der Waals surface area contributed by atoms with Crippen LogP contribution >= 0.6 is 0 Å². The number of aromatic nitrogens is 2. The van der Waals surface area contributed by atoms with Gasteiger partial charge < -0.3 is 15.0 Å². The number of imidazole rings is 1. The second-order valence-electron chi connectivity index (χ2n) is 6.82. The van der Waals surface area contributed by atoms with Crippen molar-refractivity contribution in [3.8, 4) is 0 Å². The number of amides is 1. The van der Waals surface area contributed by atoms with Crippen LogP contribution in [0.25, 0.3) is 11.0 Å². The quantitative estimate of drug-likeness (QED) is 0.742. The van der Waals surface area contributed by atoms with E-state index < -0.39 is 0 Å². The first-order valence-electron chi connectivity index (χ1n) is 8.87. The van der Waals surface area contributed by atoms with Gasteiger partial charge in [-0.1, -0.05) is 12.1 Å². The van der Waals surface area contributed by atoms with Gasteiger partial charge in [0.25, 0.3) is 5.91 Å². The van der Waals surface area contributed by atoms with E-state index in [0.29, 0.717) is 29.7 Å². The highest BCUT2D eigenvalue weighted by atomic mass is 19.1. The molecule has 1 saturated heterocycles. The maximum absolute atomic E-state index is 13.1. The average Bonchev–Trinajstić information content (AvgIpc) is 3.25. The molecule has 1 amide bonds. The molecule has 0 radical (unpaired) electrons. The molecule has 0 aliphatic carbocycles. The number of nitrogens with one attached hydrogen (secondary N) is 2. The number of fused-ring (bicyclic) bond motifs is 1. The molecule has 4 rings (SSSR count). The van der Waals surface area contributed by atoms with E-state index in [1.807, 2.05) is 0 Å². The number of carbonyl (C=O) groups excluding carboxylic acids is 1. The minimum Gasteiger partial charge on any atom is -0.373 e. The zero-order valence-electron chi connectivity index (χ0n) is 14.9. The molecule has 2 atom stereocenters. The number of nitrogens with zero attached hydrogens (tertiary/aromatic N) is 1. The van der Waals surface area contributed by atoms with E-state index in [4.69, 9.17) is 4.74 Å². The fraction of sp³-hybridized carbons (Fsp3) is 0.300. The number of aryl methyl sites for hydroxylation is 1. The summed E-state index contributed by atoms with van der Waals surface area (Å²) in [4.78, 5) is 27.0. The highest BCUT2D eigenvalue weighted by Crippen LogP contribution is 2.34. The van der Waals surface area contributed by atoms with Gasteiger partial charge in [0.05, 0.1) is 17.1 Å². The SMILES string of the molecule is Cn1c(=O)[nH]c2ccc(C(=O)NC[C@@H]3CCO[C@H]3c3ccc(F)cc3)cc21. The molecule has 6 nitrogen and oxygen atoms in total. The second kappa shape index (κ2) is 7.00. The Morgan fingerprint density at radius 1 is 1.30 bits per heavy atom. The third-order valence-corrected chi connectivity index (χ3v) is 5.11. The van der Waals surface area contributed by atoms with Crippen molar-refractivity contribution in [3.63, 3.8) is 0 Å². The van der Waals surface area contributed by atoms with Crippen molar-refractivity contribution in [2.75, 3.05) is 13.2 Å². The Balaban J connectivity index is 1.46. The van der Waals surface area contributed by atoms with Gasteiger partial charge in [-0.3, -0.25) is 9.36 Å². The lowest BCUT2D eigenvalue weighted by Gasteiger charge is -2.19. The van der Waals surface area contributed by atoms with Crippen molar-refractivity contribution in [2.24, 2.45) is 13.0 Å². The van der Waals surface area contributed by atoms with Crippen LogP contribution in [0.4, 0.5) is 4.39 Å². The summed E-state index contributed by atoms with van der Waals surface area (Å²) in [5.74, 6) is -0.355. The summed E-state index contributed by atoms with van der Waals surface area (Å²) in [5.41, 5.74) is 2.57. The predicted molar refractivity (Wildman–Crippen MR) is 99.1 cm³/mol. The summed E-state index contributed by atoms with van der Waals surface area (Å²) < 4.78 is 20.4. The van der Waals surface area contributed by atoms with Gasteiger partial charge in [-0.2, -0.15) is 0 Å². The molecule has 1 fully saturated rings. The number of hydrogen-bond acceptors (Lipinski definition) is 3. The molecule has 0 saturated carbocycles. The third kappa shape index (κ3) is 3.38. The molecule has 2 N–H and O–H groups in total. The van der Waals surface area contributed by atoms with Gasteiger partial charge in [-0.25, -0.2) is 9.18 Å². The number of benzene rings is 2. The van der Waals surface area contributed by atoms with Gasteiger partial charge in [0, 0.05) is 31.7 Å². The predicted octanol–water partition coefficient (Wildman–Crippen LogP) is 2.51. The van der Waals surface area contributed by atoms with Crippen molar-refractivity contribution >= 4 is 16.9 Å². The summed E-state index contributed by atoms with van der Waals surface area (Å²) in [7, 11) is 1.66. The Hall–Kier alpha value is -2.93. The monoisotopic (exact) mass is 369 g/mol. The normalized spacial score (nSPS) is 19.5. The molecule has 1 aliphatic heterocycles. The van der Waals surface area contributed by atoms with Crippen molar-refractivity contribution in [1.82, 2.24) is 14.9 Å². The number of carbonyl (C=O) groups is 1. The Bertz CT molecular complexity index is 1040. The Morgan fingerprint density at radius 3 is 2.85 bits per heavy atom. The summed E-state index contributed by atoms with van der Waals surface area (Å²) in [5, 5.41) is 2.95. The molecule has 1 aliphatic rings. The number of rotatable bonds is 4. The fourth-order valence-electron chi connectivity index (χ4n) is 3.55. The second-order valence-corrected chi connectivity index (χ2v) is 6.82. The molecule has 0 spiro atoms. The third-order valence-electron chi connectivity index (χ3n) is 5.11. The van der Waals surface area contributed by atoms with Crippen LogP contribution < -0.4 is 11.0 Å². The minimum absolute atomic E-state index is 0.125. The van der Waals surface area contributed by atoms with Crippen LogP contribution in [0.15, 0.2) is 47.3 Å². The topological polar surface area (TPSA) is 76.1 Å². The van der Waals surface area contributed by atoms with E-state index in [1.165, 1.54) is 16.7 Å². The Labute approximate surface area is 155 Å². The first kappa shape index (κ1) is 17.5. The first-order chi connectivity index (χ1) is 13.0. The number of aromatic amines is 1. The van der Waals surface area contributed by atoms with E-state index >= 15 is 0 Å². The molecular weight excluding hydrogens is 349 g/mol. The van der Waals surface area contributed by atoms with Gasteiger partial charge in [0.15, 0.2) is 0 Å². The van der Waals surface area contributed by atoms with Crippen molar-refractivity contribution in [1.29, 1.82) is 0 Å². The van der Waals surface area contributed by atoms with Crippen LogP contribution in [-0.2, 0) is 11.8 Å². The van der Waals surface area contributed by atoms with Crippen LogP contribution in [0, 0.1) is 11.7 Å². The molecular formula is C20H20FN3O3. The van der Waals surface area contributed by atoms with E-state index in [0.717, 1.165) is 12.0 Å². The molecule has 27 heavy (non-hydrogen) atoms. The number of ether oxygens (including phenoxy) is 1. The van der Waals surface area contributed by atoms with Gasteiger partial charge in [0.2, 0.25) is 0 Å². The zero-order chi connectivity index (χ0) is 19.0. The van der Waals surface area contributed by atoms with E-state index in [2.05, 4.69) is 10.3 Å². The van der Waals surface area contributed by atoms with Crippen molar-refractivity contribution in [2.45, 2.75) is 12.5 Å². The molecule has 2 heterocycles. The van der Waals surface area contributed by atoms with Crippen LogP contribution in [0.5, 0.6) is 0 Å². The fourth-order valence-corrected chi connectivity index (χ4v) is 3.55. The molecule has 2 aromatic carbocycles. The molecule has 3 aromatic rings. The van der Waals surface area contributed by atoms with E-state index in [-0.39, 0.29) is 29.4 Å². The van der Waals surface area contributed by atoms with Gasteiger partial charge in [-0.15, -0.1) is 0 Å². The maximum Gasteiger partial charge on any atom is 0.326 e. The Kier molecular flexibility index (Phi) is 4.53. The average molecular weight is 369 g/mol. The lowest BCUT2D eigenvalue weighted by atomic mass is 9.95. The van der Waals surface area contributed by atoms with E-state index in [1.54, 1.807) is 37.4 Å². The minimum atomic E-state index is -0.281. The van der Waals surface area contributed by atoms with Crippen molar-refractivity contribution < 1.29 is 13.9 Å². The summed E-state index contributed by atoms with van der Waals surface area (Å²) >= 11 is 0. The summed E-state index contributed by atoms with van der Waals surface area (Å²) in [6.45, 7) is 1.07. The van der Waals surface area contributed by atoms with E-state index in [9.17, 15) is 14.0 Å². The highest BCUT2D eigenvalue weighted by Gasteiger charge is 2.30. The number of halogens is 1. The molecule has 1 aromatic heterocycles. The van der Waals surface area contributed by atoms with Crippen LogP contribution in [0.3, 0.4) is 0 Å². The number of H-pyrrole nitrogens is 1. The molecule has 0 bridgehead atoms. The number of hydrogen-bond donors (Lipinski definition) is 2. The standard InChI is InChI=1S/C20H20FN3O3/c1-24-17-10-13(4-7-16(17)23-20(24)26)19(25)22-11-14-8-9-27-18(14)12-2-5-15(21)6-3-12/h2-7,10,14,18H,8-9,11H2,1H3,(H,22,25)(H,23,26)/t14-,18-/m0/s1. The lowest BCUT2D eigenvalue weighted by molar-refractivity contribution is 0.0846. The smallest absolute Gasteiger partial charge is 0.326 e. The van der Waals surface area contributed by atoms with Crippen LogP contribution in [0.1, 0.15) is 28.4 Å². The van der Waals surface area contributed by atoms with Crippen LogP contribution in [-0.4, -0.2) is 28.6 Å². The maximum atomic E-state index is 13.1. The lowest BCUT2D eigenvalue weighted by Crippen LogP contribution is -2.30. The first-order valence-corrected chi connectivity index (χ1v) is 8.87. The van der Waals surface area contributed by atoms with Gasteiger partial charge >= 0.3 is 5.69 Å². The van der Waals surface area contributed by atoms with Gasteiger partial charge in [0.1, 0.15) is 5.82 Å². The summed E-state index contributed by atoms with van der Waals surface area (Å²) in [6.07, 6.45) is 0.673. The zero-order valence-corrected chi connectivity index (χ0v) is 14.9. The molecule has 7 heteroatoms. The largest absolute Gasteiger partial charge is 0.373 e. The van der Waals surface area contributed by atoms with Gasteiger partial charge in [-0.05, 0) is 42.3 Å². The summed E-state index contributed by atoms with van der Waals surface area (Å²) in [6, 6.07) is 11.4. The molecule has 0 unspecified atom stereocenters. The van der Waals surface area contributed by atoms with Crippen LogP contribution in [0.2, 0.25) is 0 Å².